The van der Waals surface area contributed by atoms with Gasteiger partial charge in [-0.25, -0.2) is 8.42 Å². The minimum Gasteiger partial charge on any atom is -0.497 e. The summed E-state index contributed by atoms with van der Waals surface area (Å²) in [5.41, 5.74) is 0.967. The van der Waals surface area contributed by atoms with Gasteiger partial charge >= 0.3 is 0 Å². The molecule has 196 valence electrons. The van der Waals surface area contributed by atoms with E-state index in [2.05, 4.69) is 5.32 Å². The second-order valence-electron chi connectivity index (χ2n) is 8.22. The molecular weight excluding hydrogens is 514 g/mol. The SMILES string of the molecule is CC[C@H](C(=O)NC)N(Cc1cccc(OC)c1)C(=O)CN(c1cccc(Cl)c1)S(=O)(=O)c1ccccc1. The van der Waals surface area contributed by atoms with Crippen LogP contribution in [0.15, 0.2) is 83.8 Å². The smallest absolute Gasteiger partial charge is 0.264 e. The van der Waals surface area contributed by atoms with E-state index < -0.39 is 28.5 Å². The predicted molar refractivity (Wildman–Crippen MR) is 144 cm³/mol. The summed E-state index contributed by atoms with van der Waals surface area (Å²) in [5.74, 6) is -0.290. The van der Waals surface area contributed by atoms with E-state index >= 15 is 0 Å². The number of nitrogens with one attached hydrogen (secondary N) is 1. The van der Waals surface area contributed by atoms with E-state index in [0.717, 1.165) is 9.87 Å². The summed E-state index contributed by atoms with van der Waals surface area (Å²) in [6.45, 7) is 1.34. The molecule has 0 aromatic heterocycles. The number of methoxy groups -OCH3 is 1. The quantitative estimate of drug-likeness (QED) is 0.393. The molecule has 0 saturated carbocycles. The van der Waals surface area contributed by atoms with Gasteiger partial charge in [0.15, 0.2) is 0 Å². The summed E-state index contributed by atoms with van der Waals surface area (Å²) in [6, 6.07) is 20.5. The molecule has 3 aromatic rings. The lowest BCUT2D eigenvalue weighted by Crippen LogP contribution is -2.51. The van der Waals surface area contributed by atoms with Crippen molar-refractivity contribution >= 4 is 39.1 Å². The number of benzene rings is 3. The number of amides is 2. The second kappa shape index (κ2) is 12.6. The maximum atomic E-state index is 13.8. The van der Waals surface area contributed by atoms with E-state index in [4.69, 9.17) is 16.3 Å². The molecule has 0 bridgehead atoms. The topological polar surface area (TPSA) is 96.0 Å². The molecule has 37 heavy (non-hydrogen) atoms. The first kappa shape index (κ1) is 28.0. The molecule has 0 heterocycles. The van der Waals surface area contributed by atoms with Gasteiger partial charge in [-0.2, -0.15) is 0 Å². The number of hydrogen-bond donors (Lipinski definition) is 1. The van der Waals surface area contributed by atoms with Gasteiger partial charge in [-0.1, -0.05) is 54.9 Å². The van der Waals surface area contributed by atoms with Gasteiger partial charge in [0.1, 0.15) is 18.3 Å². The highest BCUT2D eigenvalue weighted by Crippen LogP contribution is 2.27. The third kappa shape index (κ3) is 6.81. The zero-order valence-corrected chi connectivity index (χ0v) is 22.5. The summed E-state index contributed by atoms with van der Waals surface area (Å²) < 4.78 is 33.7. The van der Waals surface area contributed by atoms with Crippen LogP contribution in [-0.2, 0) is 26.2 Å². The minimum atomic E-state index is -4.13. The Balaban J connectivity index is 2.05. The minimum absolute atomic E-state index is 0.0282. The van der Waals surface area contributed by atoms with Crippen LogP contribution in [0.4, 0.5) is 5.69 Å². The molecule has 3 rings (SSSR count). The van der Waals surface area contributed by atoms with E-state index in [1.54, 1.807) is 68.6 Å². The third-order valence-corrected chi connectivity index (χ3v) is 7.85. The van der Waals surface area contributed by atoms with Crippen molar-refractivity contribution in [2.24, 2.45) is 0 Å². The van der Waals surface area contributed by atoms with E-state index in [1.807, 2.05) is 6.07 Å². The fourth-order valence-corrected chi connectivity index (χ4v) is 5.54. The number of carbonyl (C=O) groups excluding carboxylic acids is 2. The van der Waals surface area contributed by atoms with Crippen molar-refractivity contribution in [3.8, 4) is 5.75 Å². The van der Waals surface area contributed by atoms with Crippen LogP contribution in [0.3, 0.4) is 0 Å². The number of rotatable bonds is 11. The van der Waals surface area contributed by atoms with Crippen LogP contribution in [0, 0.1) is 0 Å². The van der Waals surface area contributed by atoms with Crippen molar-refractivity contribution in [3.63, 3.8) is 0 Å². The molecule has 10 heteroatoms. The number of ether oxygens (including phenoxy) is 1. The average molecular weight is 544 g/mol. The van der Waals surface area contributed by atoms with Crippen LogP contribution in [0.1, 0.15) is 18.9 Å². The largest absolute Gasteiger partial charge is 0.497 e. The molecule has 0 saturated heterocycles. The van der Waals surface area contributed by atoms with E-state index in [-0.39, 0.29) is 23.0 Å². The highest BCUT2D eigenvalue weighted by molar-refractivity contribution is 7.92. The molecular formula is C27H30ClN3O5S. The van der Waals surface area contributed by atoms with Gasteiger partial charge in [-0.05, 0) is 54.4 Å². The number of likely N-dealkylation sites (N-methyl/N-ethyl adjacent to an activating group) is 1. The van der Waals surface area contributed by atoms with Crippen molar-refractivity contribution < 1.29 is 22.7 Å². The number of carbonyl (C=O) groups is 2. The normalized spacial score (nSPS) is 11.9. The van der Waals surface area contributed by atoms with Gasteiger partial charge < -0.3 is 15.0 Å². The molecule has 0 unspecified atom stereocenters. The lowest BCUT2D eigenvalue weighted by atomic mass is 10.1. The molecule has 0 fully saturated rings. The Bertz CT molecular complexity index is 1330. The summed E-state index contributed by atoms with van der Waals surface area (Å²) in [5, 5.41) is 2.92. The number of halogens is 1. The zero-order valence-electron chi connectivity index (χ0n) is 20.9. The molecule has 0 aliphatic carbocycles. The third-order valence-electron chi connectivity index (χ3n) is 5.83. The first-order valence-corrected chi connectivity index (χ1v) is 13.5. The van der Waals surface area contributed by atoms with Gasteiger partial charge in [0.2, 0.25) is 11.8 Å². The first-order chi connectivity index (χ1) is 17.7. The maximum Gasteiger partial charge on any atom is 0.264 e. The monoisotopic (exact) mass is 543 g/mol. The zero-order chi connectivity index (χ0) is 27.0. The van der Waals surface area contributed by atoms with Crippen molar-refractivity contribution in [2.75, 3.05) is 25.0 Å². The van der Waals surface area contributed by atoms with E-state index in [1.165, 1.54) is 30.1 Å². The molecule has 0 radical (unpaired) electrons. The summed E-state index contributed by atoms with van der Waals surface area (Å²) >= 11 is 6.17. The molecule has 1 atom stereocenters. The predicted octanol–water partition coefficient (Wildman–Crippen LogP) is 4.10. The molecule has 0 aliphatic rings. The lowest BCUT2D eigenvalue weighted by molar-refractivity contribution is -0.140. The summed E-state index contributed by atoms with van der Waals surface area (Å²) in [6.07, 6.45) is 0.331. The van der Waals surface area contributed by atoms with Gasteiger partial charge in [0, 0.05) is 18.6 Å². The van der Waals surface area contributed by atoms with E-state index in [0.29, 0.717) is 17.2 Å². The van der Waals surface area contributed by atoms with Gasteiger partial charge in [0.25, 0.3) is 10.0 Å². The average Bonchev–Trinajstić information content (AvgIpc) is 2.91. The highest BCUT2D eigenvalue weighted by Gasteiger charge is 2.33. The fourth-order valence-electron chi connectivity index (χ4n) is 3.93. The summed E-state index contributed by atoms with van der Waals surface area (Å²) in [7, 11) is -1.10. The molecule has 0 spiro atoms. The van der Waals surface area contributed by atoms with Crippen molar-refractivity contribution in [1.82, 2.24) is 10.2 Å². The van der Waals surface area contributed by atoms with Crippen LogP contribution in [0.2, 0.25) is 5.02 Å². The molecule has 3 aromatic carbocycles. The lowest BCUT2D eigenvalue weighted by Gasteiger charge is -2.33. The van der Waals surface area contributed by atoms with Gasteiger partial charge in [-0.15, -0.1) is 0 Å². The number of hydrogen-bond acceptors (Lipinski definition) is 5. The van der Waals surface area contributed by atoms with Crippen LogP contribution >= 0.6 is 11.6 Å². The first-order valence-electron chi connectivity index (χ1n) is 11.7. The maximum absolute atomic E-state index is 13.8. The molecule has 2 amide bonds. The van der Waals surface area contributed by atoms with Gasteiger partial charge in [-0.3, -0.25) is 13.9 Å². The fraction of sp³-hybridized carbons (Fsp3) is 0.259. The Morgan fingerprint density at radius 3 is 2.32 bits per heavy atom. The number of anilines is 1. The molecule has 8 nitrogen and oxygen atoms in total. The Hall–Kier alpha value is -3.56. The summed E-state index contributed by atoms with van der Waals surface area (Å²) in [4.78, 5) is 28.0. The Morgan fingerprint density at radius 2 is 1.70 bits per heavy atom. The van der Waals surface area contributed by atoms with Crippen molar-refractivity contribution in [3.05, 3.63) is 89.4 Å². The Kier molecular flexibility index (Phi) is 9.54. The van der Waals surface area contributed by atoms with Crippen LogP contribution in [-0.4, -0.2) is 51.9 Å². The van der Waals surface area contributed by atoms with Crippen LogP contribution in [0.25, 0.3) is 0 Å². The van der Waals surface area contributed by atoms with Gasteiger partial charge in [0.05, 0.1) is 17.7 Å². The Labute approximate surface area is 222 Å². The molecule has 1 N–H and O–H groups in total. The highest BCUT2D eigenvalue weighted by atomic mass is 35.5. The van der Waals surface area contributed by atoms with Crippen molar-refractivity contribution in [2.45, 2.75) is 30.8 Å². The van der Waals surface area contributed by atoms with Crippen LogP contribution < -0.4 is 14.4 Å². The number of nitrogens with zero attached hydrogens (tertiary/aromatic N) is 2. The molecule has 0 aliphatic heterocycles. The standard InChI is InChI=1S/C27H30ClN3O5S/c1-4-25(27(33)29-2)30(18-20-10-8-13-23(16-20)36-3)26(32)19-31(22-12-9-11-21(28)17-22)37(34,35)24-14-6-5-7-15-24/h5-17,25H,4,18-19H2,1-3H3,(H,29,33)/t25-/m1/s1. The Morgan fingerprint density at radius 1 is 1.00 bits per heavy atom. The van der Waals surface area contributed by atoms with Crippen LogP contribution in [0.5, 0.6) is 5.75 Å². The van der Waals surface area contributed by atoms with E-state index in [9.17, 15) is 18.0 Å². The number of sulfonamides is 1. The second-order valence-corrected chi connectivity index (χ2v) is 10.5. The van der Waals surface area contributed by atoms with Crippen molar-refractivity contribution in [1.29, 1.82) is 0 Å².